The van der Waals surface area contributed by atoms with Gasteiger partial charge in [0.15, 0.2) is 5.69 Å². The van der Waals surface area contributed by atoms with E-state index in [1.807, 2.05) is 73.7 Å². The molecule has 0 saturated heterocycles. The molecule has 0 amide bonds. The van der Waals surface area contributed by atoms with Gasteiger partial charge in [0.25, 0.3) is 5.72 Å². The van der Waals surface area contributed by atoms with E-state index >= 15 is 0 Å². The molecule has 0 saturated carbocycles. The van der Waals surface area contributed by atoms with Crippen molar-refractivity contribution in [2.45, 2.75) is 33.0 Å². The third-order valence-electron chi connectivity index (χ3n) is 7.07. The number of nitrogens with zero attached hydrogens (tertiary/aromatic N) is 4. The Bertz CT molecular complexity index is 1630. The first kappa shape index (κ1) is 23.7. The van der Waals surface area contributed by atoms with Crippen LogP contribution in [0.5, 0.6) is 5.75 Å². The highest BCUT2D eigenvalue weighted by atomic mass is 16.6. The summed E-state index contributed by atoms with van der Waals surface area (Å²) in [6.45, 7) is 7.48. The molecule has 38 heavy (non-hydrogen) atoms. The summed E-state index contributed by atoms with van der Waals surface area (Å²) in [4.78, 5) is 24.7. The number of esters is 1. The van der Waals surface area contributed by atoms with Crippen molar-refractivity contribution in [2.75, 3.05) is 11.5 Å². The normalized spacial score (nSPS) is 16.3. The van der Waals surface area contributed by atoms with Gasteiger partial charge >= 0.3 is 5.97 Å². The van der Waals surface area contributed by atoms with Gasteiger partial charge in [-0.05, 0) is 63.2 Å². The van der Waals surface area contributed by atoms with Crippen molar-refractivity contribution < 1.29 is 14.3 Å². The molecule has 1 aliphatic heterocycles. The van der Waals surface area contributed by atoms with Gasteiger partial charge in [0.05, 0.1) is 12.2 Å². The highest BCUT2D eigenvalue weighted by Crippen LogP contribution is 2.52. The van der Waals surface area contributed by atoms with E-state index in [0.29, 0.717) is 12.3 Å². The zero-order valence-corrected chi connectivity index (χ0v) is 21.6. The van der Waals surface area contributed by atoms with Crippen LogP contribution in [0.15, 0.2) is 91.3 Å². The van der Waals surface area contributed by atoms with Crippen LogP contribution in [0.3, 0.4) is 0 Å². The predicted molar refractivity (Wildman–Crippen MR) is 147 cm³/mol. The van der Waals surface area contributed by atoms with Crippen molar-refractivity contribution in [1.29, 1.82) is 0 Å². The Kier molecular flexibility index (Phi) is 5.83. The summed E-state index contributed by atoms with van der Waals surface area (Å²) in [7, 11) is 0. The van der Waals surface area contributed by atoms with Crippen molar-refractivity contribution in [2.24, 2.45) is 0 Å². The molecular formula is C31H28N4O3. The third-order valence-corrected chi connectivity index (χ3v) is 7.07. The van der Waals surface area contributed by atoms with E-state index in [4.69, 9.17) is 14.5 Å². The molecule has 6 rings (SSSR count). The zero-order chi connectivity index (χ0) is 26.3. The lowest BCUT2D eigenvalue weighted by atomic mass is 9.92. The molecule has 7 nitrogen and oxygen atoms in total. The second-order valence-corrected chi connectivity index (χ2v) is 9.11. The summed E-state index contributed by atoms with van der Waals surface area (Å²) in [6, 6.07) is 26.0. The Morgan fingerprint density at radius 1 is 0.895 bits per heavy atom. The van der Waals surface area contributed by atoms with Gasteiger partial charge in [0.2, 0.25) is 0 Å². The van der Waals surface area contributed by atoms with Gasteiger partial charge in [-0.2, -0.15) is 0 Å². The van der Waals surface area contributed by atoms with E-state index in [9.17, 15) is 4.79 Å². The number of benzene rings is 3. The van der Waals surface area contributed by atoms with Crippen LogP contribution in [0, 0.1) is 6.92 Å². The van der Waals surface area contributed by atoms with Gasteiger partial charge in [-0.1, -0.05) is 36.4 Å². The smallest absolute Gasteiger partial charge is 0.361 e. The van der Waals surface area contributed by atoms with Gasteiger partial charge in [0, 0.05) is 46.9 Å². The molecule has 190 valence electrons. The summed E-state index contributed by atoms with van der Waals surface area (Å²) in [6.07, 6.45) is 3.15. The quantitative estimate of drug-likeness (QED) is 0.240. The van der Waals surface area contributed by atoms with Crippen molar-refractivity contribution in [3.63, 3.8) is 0 Å². The maximum absolute atomic E-state index is 13.5. The lowest BCUT2D eigenvalue weighted by Crippen LogP contribution is -2.46. The van der Waals surface area contributed by atoms with E-state index in [1.165, 1.54) is 6.20 Å². The van der Waals surface area contributed by atoms with Crippen LogP contribution in [0.25, 0.3) is 10.9 Å². The molecule has 3 heterocycles. The molecule has 0 bridgehead atoms. The number of carbonyl (C=O) groups excluding carboxylic acids is 1. The average molecular weight is 505 g/mol. The molecular weight excluding hydrogens is 476 g/mol. The first-order valence-electron chi connectivity index (χ1n) is 12.8. The minimum absolute atomic E-state index is 0.215. The maximum Gasteiger partial charge on any atom is 0.361 e. The zero-order valence-electron chi connectivity index (χ0n) is 21.6. The van der Waals surface area contributed by atoms with Gasteiger partial charge in [-0.15, -0.1) is 0 Å². The minimum atomic E-state index is -1.40. The molecule has 3 aromatic carbocycles. The summed E-state index contributed by atoms with van der Waals surface area (Å²) < 4.78 is 14.5. The lowest BCUT2D eigenvalue weighted by Gasteiger charge is -2.41. The highest BCUT2D eigenvalue weighted by Gasteiger charge is 2.57. The van der Waals surface area contributed by atoms with Gasteiger partial charge in [0.1, 0.15) is 11.4 Å². The Morgan fingerprint density at radius 3 is 2.32 bits per heavy atom. The van der Waals surface area contributed by atoms with Crippen LogP contribution in [0.4, 0.5) is 11.4 Å². The molecule has 2 aromatic heterocycles. The number of aryl methyl sites for hydroxylation is 1. The Balaban J connectivity index is 1.74. The molecule has 1 unspecified atom stereocenters. The molecule has 1 aliphatic rings. The molecule has 0 radical (unpaired) electrons. The van der Waals surface area contributed by atoms with Gasteiger partial charge < -0.3 is 14.0 Å². The van der Waals surface area contributed by atoms with Crippen molar-refractivity contribution >= 4 is 28.2 Å². The van der Waals surface area contributed by atoms with Gasteiger partial charge in [-0.3, -0.25) is 9.88 Å². The van der Waals surface area contributed by atoms with Crippen molar-refractivity contribution in [3.8, 4) is 5.75 Å². The van der Waals surface area contributed by atoms with E-state index in [1.54, 1.807) is 6.20 Å². The van der Waals surface area contributed by atoms with Crippen LogP contribution in [-0.4, -0.2) is 27.1 Å². The van der Waals surface area contributed by atoms with Crippen LogP contribution < -0.4 is 9.64 Å². The van der Waals surface area contributed by atoms with Crippen LogP contribution in [0.1, 0.15) is 41.3 Å². The highest BCUT2D eigenvalue weighted by molar-refractivity contribution is 5.97. The number of rotatable bonds is 7. The molecule has 5 aromatic rings. The van der Waals surface area contributed by atoms with E-state index in [2.05, 4.69) is 40.4 Å². The monoisotopic (exact) mass is 504 g/mol. The Labute approximate surface area is 221 Å². The number of hydrogen-bond acceptors (Lipinski definition) is 6. The molecule has 0 aliphatic carbocycles. The molecule has 7 heteroatoms. The van der Waals surface area contributed by atoms with Crippen molar-refractivity contribution in [1.82, 2.24) is 14.5 Å². The number of ether oxygens (including phenoxy) is 2. The SMILES string of the molecule is CCOc1ccc(N(c2ccccc2)C2(c3c(C)n(CC)c4ccccc34)OC(=O)c3nccnc32)cc1. The topological polar surface area (TPSA) is 69.5 Å². The Morgan fingerprint density at radius 2 is 1.58 bits per heavy atom. The van der Waals surface area contributed by atoms with Crippen LogP contribution in [-0.2, 0) is 17.0 Å². The van der Waals surface area contributed by atoms with Gasteiger partial charge in [-0.25, -0.2) is 9.78 Å². The average Bonchev–Trinajstić information content (AvgIpc) is 3.41. The molecule has 1 atom stereocenters. The number of aromatic nitrogens is 3. The Hall–Kier alpha value is -4.65. The third kappa shape index (κ3) is 3.46. The summed E-state index contributed by atoms with van der Waals surface area (Å²) >= 11 is 0. The molecule has 0 fully saturated rings. The second-order valence-electron chi connectivity index (χ2n) is 9.11. The fourth-order valence-electron chi connectivity index (χ4n) is 5.61. The standard InChI is InChI=1S/C31H28N4O3/c1-4-34-21(3)27(25-13-9-10-14-26(25)34)31(29-28(30(36)38-31)32-19-20-33-29)35(22-11-7-6-8-12-22)23-15-17-24(18-16-23)37-5-2/h6-20H,4-5H2,1-3H3. The summed E-state index contributed by atoms with van der Waals surface area (Å²) in [5.74, 6) is 0.258. The van der Waals surface area contributed by atoms with E-state index in [-0.39, 0.29) is 5.69 Å². The fourth-order valence-corrected chi connectivity index (χ4v) is 5.61. The van der Waals surface area contributed by atoms with E-state index < -0.39 is 11.7 Å². The number of carbonyl (C=O) groups is 1. The summed E-state index contributed by atoms with van der Waals surface area (Å²) in [5.41, 5.74) is 3.85. The number of para-hydroxylation sites is 2. The van der Waals surface area contributed by atoms with Crippen LogP contribution >= 0.6 is 0 Å². The second kappa shape index (κ2) is 9.34. The first-order valence-corrected chi connectivity index (χ1v) is 12.8. The number of hydrogen-bond donors (Lipinski definition) is 0. The van der Waals surface area contributed by atoms with Crippen LogP contribution in [0.2, 0.25) is 0 Å². The fraction of sp³-hybridized carbons (Fsp3) is 0.194. The maximum atomic E-state index is 13.5. The molecule has 0 N–H and O–H groups in total. The minimum Gasteiger partial charge on any atom is -0.494 e. The number of cyclic esters (lactones) is 1. The molecule has 0 spiro atoms. The summed E-state index contributed by atoms with van der Waals surface area (Å²) in [5, 5.41) is 0.991. The lowest BCUT2D eigenvalue weighted by molar-refractivity contribution is 0.0123. The predicted octanol–water partition coefficient (Wildman–Crippen LogP) is 6.37. The largest absolute Gasteiger partial charge is 0.494 e. The number of anilines is 2. The first-order chi connectivity index (χ1) is 18.6. The number of fused-ring (bicyclic) bond motifs is 2. The van der Waals surface area contributed by atoms with Crippen molar-refractivity contribution in [3.05, 3.63) is 114 Å². The van der Waals surface area contributed by atoms with E-state index in [0.717, 1.165) is 45.8 Å².